The maximum Gasteiger partial charge on any atom is 0.121 e. The Hall–Kier alpha value is -1.58. The van der Waals surface area contributed by atoms with Gasteiger partial charge in [-0.15, -0.1) is 11.3 Å². The Kier molecular flexibility index (Phi) is 4.58. The molecule has 0 aliphatic heterocycles. The van der Waals surface area contributed by atoms with Crippen molar-refractivity contribution >= 4 is 30.7 Å². The van der Waals surface area contributed by atoms with Crippen LogP contribution in [0.25, 0.3) is 6.08 Å². The van der Waals surface area contributed by atoms with Gasteiger partial charge < -0.3 is 4.74 Å². The van der Waals surface area contributed by atoms with Gasteiger partial charge >= 0.3 is 0 Å². The van der Waals surface area contributed by atoms with Crippen LogP contribution in [0.5, 0.6) is 5.75 Å². The van der Waals surface area contributed by atoms with Gasteiger partial charge in [0.05, 0.1) is 8.07 Å². The van der Waals surface area contributed by atoms with Crippen molar-refractivity contribution < 1.29 is 4.74 Å². The molecular formula is C21H26OSSi. The molecule has 0 spiro atoms. The van der Waals surface area contributed by atoms with Crippen molar-refractivity contribution in [3.05, 3.63) is 63.4 Å². The molecule has 2 aromatic rings. The van der Waals surface area contributed by atoms with Crippen molar-refractivity contribution in [2.75, 3.05) is 6.61 Å². The molecule has 0 saturated heterocycles. The largest absolute Gasteiger partial charge is 0.489 e. The minimum Gasteiger partial charge on any atom is -0.489 e. The first-order chi connectivity index (χ1) is 11.4. The molecule has 0 N–H and O–H groups in total. The summed E-state index contributed by atoms with van der Waals surface area (Å²) in [6.45, 7) is 16.0. The summed E-state index contributed by atoms with van der Waals surface area (Å²) in [4.78, 5) is 2.96. The first-order valence-electron chi connectivity index (χ1n) is 8.48. The number of hydrogen-bond acceptors (Lipinski definition) is 2. The van der Waals surface area contributed by atoms with Crippen LogP contribution in [0.4, 0.5) is 0 Å². The van der Waals surface area contributed by atoms with Gasteiger partial charge in [-0.2, -0.15) is 0 Å². The van der Waals surface area contributed by atoms with Gasteiger partial charge in [-0.25, -0.2) is 0 Å². The fourth-order valence-corrected chi connectivity index (χ4v) is 9.84. The Morgan fingerprint density at radius 3 is 2.71 bits per heavy atom. The highest BCUT2D eigenvalue weighted by Gasteiger charge is 2.42. The van der Waals surface area contributed by atoms with Crippen molar-refractivity contribution in [3.8, 4) is 5.75 Å². The molecule has 0 radical (unpaired) electrons. The van der Waals surface area contributed by atoms with Crippen molar-refractivity contribution in [1.82, 2.24) is 0 Å². The number of ether oxygens (including phenoxy) is 1. The van der Waals surface area contributed by atoms with E-state index < -0.39 is 8.07 Å². The average Bonchev–Trinajstić information content (AvgIpc) is 2.99. The van der Waals surface area contributed by atoms with Crippen LogP contribution in [0.3, 0.4) is 0 Å². The highest BCUT2D eigenvalue weighted by Crippen LogP contribution is 2.46. The van der Waals surface area contributed by atoms with E-state index >= 15 is 0 Å². The van der Waals surface area contributed by atoms with Crippen LogP contribution in [0.15, 0.2) is 42.5 Å². The fourth-order valence-electron chi connectivity index (χ4n) is 3.97. The van der Waals surface area contributed by atoms with E-state index in [1.165, 1.54) is 26.8 Å². The maximum atomic E-state index is 6.09. The molecule has 1 atom stereocenters. The Morgan fingerprint density at radius 2 is 2.00 bits per heavy atom. The molecule has 1 aromatic carbocycles. The van der Waals surface area contributed by atoms with Crippen molar-refractivity contribution in [3.63, 3.8) is 0 Å². The molecule has 1 nitrogen and oxygen atoms in total. The smallest absolute Gasteiger partial charge is 0.121 e. The minimum absolute atomic E-state index is 0.541. The summed E-state index contributed by atoms with van der Waals surface area (Å²) in [6.07, 6.45) is 4.21. The summed E-state index contributed by atoms with van der Waals surface area (Å²) in [6, 6.07) is 8.93. The highest BCUT2D eigenvalue weighted by atomic mass is 32.1. The van der Waals surface area contributed by atoms with Gasteiger partial charge in [0.15, 0.2) is 0 Å². The molecule has 1 aliphatic carbocycles. The van der Waals surface area contributed by atoms with E-state index in [4.69, 9.17) is 4.74 Å². The summed E-state index contributed by atoms with van der Waals surface area (Å²) < 4.78 is 6.09. The standard InChI is InChI=1S/C21H26OSSi/c1-7-11-22-19-14(2)9-8-10-18(19)24(5,6)21-15(3)12-17-13-16(4)23-20(17)21/h7-10,12-13,21H,1,11H2,2-6H3. The van der Waals surface area contributed by atoms with Gasteiger partial charge in [0.1, 0.15) is 12.4 Å². The van der Waals surface area contributed by atoms with Gasteiger partial charge in [-0.3, -0.25) is 0 Å². The van der Waals surface area contributed by atoms with Crippen LogP contribution < -0.4 is 9.92 Å². The normalized spacial score (nSPS) is 16.7. The molecule has 1 aliphatic rings. The van der Waals surface area contributed by atoms with E-state index in [2.05, 4.69) is 70.8 Å². The second-order valence-electron chi connectivity index (χ2n) is 7.27. The molecule has 24 heavy (non-hydrogen) atoms. The fraction of sp³-hybridized carbons (Fsp3) is 0.333. The van der Waals surface area contributed by atoms with E-state index in [0.717, 1.165) is 5.75 Å². The summed E-state index contributed by atoms with van der Waals surface area (Å²) in [5.74, 6) is 1.07. The van der Waals surface area contributed by atoms with E-state index in [1.54, 1.807) is 4.88 Å². The number of para-hydroxylation sites is 1. The average molecular weight is 355 g/mol. The zero-order valence-corrected chi connectivity index (χ0v) is 17.1. The summed E-state index contributed by atoms with van der Waals surface area (Å²) >= 11 is 1.96. The third-order valence-electron chi connectivity index (χ3n) is 4.99. The Morgan fingerprint density at radius 1 is 1.25 bits per heavy atom. The van der Waals surface area contributed by atoms with Crippen LogP contribution in [-0.4, -0.2) is 14.7 Å². The number of allylic oxidation sites excluding steroid dienone is 1. The van der Waals surface area contributed by atoms with Gasteiger partial charge in [-0.1, -0.05) is 55.6 Å². The third-order valence-corrected chi connectivity index (χ3v) is 10.3. The Balaban J connectivity index is 2.10. The lowest BCUT2D eigenvalue weighted by Gasteiger charge is -2.33. The predicted molar refractivity (Wildman–Crippen MR) is 109 cm³/mol. The molecule has 126 valence electrons. The summed E-state index contributed by atoms with van der Waals surface area (Å²) in [5.41, 5.74) is 4.70. The van der Waals surface area contributed by atoms with E-state index in [9.17, 15) is 0 Å². The van der Waals surface area contributed by atoms with Gasteiger partial charge in [-0.05, 0) is 43.2 Å². The van der Waals surface area contributed by atoms with Crippen LogP contribution in [0, 0.1) is 13.8 Å². The number of fused-ring (bicyclic) bond motifs is 1. The number of aryl methyl sites for hydroxylation is 2. The number of rotatable bonds is 5. The van der Waals surface area contributed by atoms with Crippen molar-refractivity contribution in [2.24, 2.45) is 0 Å². The van der Waals surface area contributed by atoms with E-state index in [0.29, 0.717) is 12.1 Å². The number of thiophene rings is 1. The predicted octanol–water partition coefficient (Wildman–Crippen LogP) is 5.59. The van der Waals surface area contributed by atoms with E-state index in [1.807, 2.05) is 17.4 Å². The molecule has 0 fully saturated rings. The highest BCUT2D eigenvalue weighted by molar-refractivity contribution is 7.13. The minimum atomic E-state index is -1.79. The van der Waals surface area contributed by atoms with Gasteiger partial charge in [0.25, 0.3) is 0 Å². The summed E-state index contributed by atoms with van der Waals surface area (Å²) in [5, 5.41) is 1.42. The Bertz CT molecular complexity index is 813. The third kappa shape index (κ3) is 2.80. The monoisotopic (exact) mass is 354 g/mol. The molecule has 0 bridgehead atoms. The number of hydrogen-bond donors (Lipinski definition) is 0. The van der Waals surface area contributed by atoms with Crippen molar-refractivity contribution in [2.45, 2.75) is 39.4 Å². The molecule has 1 aromatic heterocycles. The van der Waals surface area contributed by atoms with Crippen LogP contribution >= 0.6 is 11.3 Å². The zero-order valence-electron chi connectivity index (χ0n) is 15.3. The first kappa shape index (κ1) is 17.2. The molecule has 3 rings (SSSR count). The maximum absolute atomic E-state index is 6.09. The second kappa shape index (κ2) is 6.38. The van der Waals surface area contributed by atoms with Gasteiger partial charge in [0.2, 0.25) is 0 Å². The Labute approximate surface area is 150 Å². The quantitative estimate of drug-likeness (QED) is 0.503. The molecule has 0 saturated carbocycles. The molecule has 3 heteroatoms. The van der Waals surface area contributed by atoms with Crippen molar-refractivity contribution in [1.29, 1.82) is 0 Å². The lowest BCUT2D eigenvalue weighted by molar-refractivity contribution is 0.363. The lowest BCUT2D eigenvalue weighted by Crippen LogP contribution is -2.48. The van der Waals surface area contributed by atoms with Crippen LogP contribution in [-0.2, 0) is 0 Å². The molecule has 1 heterocycles. The summed E-state index contributed by atoms with van der Waals surface area (Å²) in [7, 11) is -1.79. The molecule has 0 amide bonds. The van der Waals surface area contributed by atoms with E-state index in [-0.39, 0.29) is 0 Å². The first-order valence-corrected chi connectivity index (χ1v) is 12.4. The lowest BCUT2D eigenvalue weighted by atomic mass is 10.2. The topological polar surface area (TPSA) is 9.23 Å². The number of benzene rings is 1. The SMILES string of the molecule is C=CCOc1c(C)cccc1[Si](C)(C)C1C(C)=Cc2cc(C)sc21. The molecule has 1 unspecified atom stereocenters. The molecular weight excluding hydrogens is 328 g/mol. The van der Waals surface area contributed by atoms with Gasteiger partial charge in [0, 0.05) is 15.3 Å². The van der Waals surface area contributed by atoms with Crippen LogP contribution in [0.2, 0.25) is 13.1 Å². The second-order valence-corrected chi connectivity index (χ2v) is 13.1. The van der Waals surface area contributed by atoms with Crippen LogP contribution in [0.1, 0.15) is 33.3 Å². The zero-order chi connectivity index (χ0) is 17.5.